The first-order chi connectivity index (χ1) is 13.5. The van der Waals surface area contributed by atoms with Crippen LogP contribution in [0.15, 0.2) is 73.8 Å². The quantitative estimate of drug-likeness (QED) is 0.146. The summed E-state index contributed by atoms with van der Waals surface area (Å²) in [7, 11) is 0. The number of aromatic nitrogens is 6. The van der Waals surface area contributed by atoms with Gasteiger partial charge in [-0.25, -0.2) is 0 Å². The molecule has 24 nitrogen and oxygen atoms in total. The molecule has 43 heavy (non-hydrogen) atoms. The second-order valence-corrected chi connectivity index (χ2v) is 5.41. The minimum atomic E-state index is -1.18. The molecule has 0 aliphatic carbocycles. The van der Waals surface area contributed by atoms with Gasteiger partial charge in [0.15, 0.2) is 0 Å². The largest absolute Gasteiger partial charge is 2.00 e. The van der Waals surface area contributed by atoms with Crippen molar-refractivity contribution in [2.45, 2.75) is 0 Å². The van der Waals surface area contributed by atoms with Crippen molar-refractivity contribution in [1.29, 1.82) is 0 Å². The van der Waals surface area contributed by atoms with Gasteiger partial charge in [0.25, 0.3) is 0 Å². The van der Waals surface area contributed by atoms with Gasteiger partial charge in [-0.15, -0.1) is 20.4 Å². The Hall–Kier alpha value is -4.41. The van der Waals surface area contributed by atoms with Crippen LogP contribution in [0.2, 0.25) is 0 Å². The number of hydrogen-bond donors (Lipinski definition) is 0. The zero-order valence-electron chi connectivity index (χ0n) is 21.9. The number of aromatic carboxylic acids is 2. The number of nitrogens with zero attached hydrogens (tertiary/aromatic N) is 6. The Morgan fingerprint density at radius 1 is 0.442 bits per heavy atom. The smallest absolute Gasteiger partial charge is 0.545 e. The number of carbonyl (C=O) groups excluding carboxylic acids is 2. The number of hydrogen-bond acceptors (Lipinski definition) is 8. The van der Waals surface area contributed by atoms with Gasteiger partial charge < -0.3 is 96.5 Å². The molecule has 0 saturated carbocycles. The summed E-state index contributed by atoms with van der Waals surface area (Å²) in [5, 5.41) is 35.5. The van der Waals surface area contributed by atoms with Crippen molar-refractivity contribution in [2.24, 2.45) is 0 Å². The average molecular weight is 691 g/mol. The van der Waals surface area contributed by atoms with E-state index in [1.807, 2.05) is 0 Å². The molecule has 25 heteroatoms. The van der Waals surface area contributed by atoms with Crippen molar-refractivity contribution < 1.29 is 113 Å². The van der Waals surface area contributed by atoms with Crippen LogP contribution in [-0.4, -0.2) is 96.2 Å². The van der Waals surface area contributed by atoms with Crippen molar-refractivity contribution in [1.82, 2.24) is 29.5 Å². The normalized spacial score (nSPS) is 6.51. The van der Waals surface area contributed by atoms with Crippen LogP contribution in [0.25, 0.3) is 11.4 Å². The Morgan fingerprint density at radius 3 is 0.791 bits per heavy atom. The molecule has 2 aromatic heterocycles. The van der Waals surface area contributed by atoms with Crippen molar-refractivity contribution in [3.63, 3.8) is 0 Å². The molecule has 0 bridgehead atoms. The maximum atomic E-state index is 10.5. The molecule has 0 unspecified atom stereocenters. The van der Waals surface area contributed by atoms with E-state index in [4.69, 9.17) is 0 Å². The Balaban J connectivity index is -0.0000000282. The summed E-state index contributed by atoms with van der Waals surface area (Å²) in [5.74, 6) is -2.36. The monoisotopic (exact) mass is 690 g/mol. The van der Waals surface area contributed by atoms with E-state index >= 15 is 0 Å². The molecule has 260 valence electrons. The summed E-state index contributed by atoms with van der Waals surface area (Å²) in [4.78, 5) is 20.9. The van der Waals surface area contributed by atoms with Crippen LogP contribution in [0.4, 0.5) is 0 Å². The van der Waals surface area contributed by atoms with Crippen LogP contribution in [0.1, 0.15) is 20.7 Å². The standard InChI is InChI=1S/2C9H7N3O2.Ni.14H2O/c2*13-9(14)7-1-3-8(4-2-7)12-5-10-11-6-12;;;;;;;;;;;;;;;/h2*1-6H,(H,13,14);;14*1H2/q;;+2;;;;;;;;;;;;;;/p+2. The van der Waals surface area contributed by atoms with Gasteiger partial charge in [0.1, 0.15) is 25.3 Å². The first kappa shape index (κ1) is 83.3. The average Bonchev–Trinajstić information content (AvgIpc) is 3.43. The van der Waals surface area contributed by atoms with E-state index < -0.39 is 11.9 Å². The minimum absolute atomic E-state index is 0. The van der Waals surface area contributed by atoms with Crippen molar-refractivity contribution in [3.8, 4) is 11.4 Å². The third kappa shape index (κ3) is 22.9. The molecule has 32 N–H and O–H groups in total. The zero-order chi connectivity index (χ0) is 19.9. The van der Waals surface area contributed by atoms with E-state index in [1.165, 1.54) is 49.6 Å². The summed E-state index contributed by atoms with van der Waals surface area (Å²) in [6, 6.07) is 12.6. The number of benzene rings is 2. The third-order valence-corrected chi connectivity index (χ3v) is 3.64. The third-order valence-electron chi connectivity index (χ3n) is 3.64. The Morgan fingerprint density at radius 2 is 0.628 bits per heavy atom. The first-order valence-corrected chi connectivity index (χ1v) is 7.87. The van der Waals surface area contributed by atoms with Gasteiger partial charge in [0.05, 0.1) is 11.9 Å². The summed E-state index contributed by atoms with van der Waals surface area (Å²) in [6.45, 7) is 0. The van der Waals surface area contributed by atoms with E-state index in [0.717, 1.165) is 11.4 Å². The molecule has 0 aliphatic heterocycles. The van der Waals surface area contributed by atoms with Crippen molar-refractivity contribution in [3.05, 3.63) is 85.0 Å². The van der Waals surface area contributed by atoms with Gasteiger partial charge in [0, 0.05) is 11.4 Å². The SMILES string of the molecule is O.O.O.O.O.O.O.O.O.O.O=C([O-])c1ccc(-n2cnnc2)cc1.O=C([O-])c1ccc(-n2cnnc2)cc1.[Ni+2].[OH3+].[OH3+].[OH3+].[OH3+]. The number of carboxylic acids is 2. The molecule has 0 fully saturated rings. The molecular weight excluding hydrogens is 647 g/mol. The molecule has 0 aliphatic rings. The molecule has 4 rings (SSSR count). The second-order valence-electron chi connectivity index (χ2n) is 5.41. The zero-order valence-corrected chi connectivity index (χ0v) is 22.9. The van der Waals surface area contributed by atoms with Crippen LogP contribution in [-0.2, 0) is 38.4 Å². The molecule has 2 heterocycles. The molecule has 0 saturated heterocycles. The van der Waals surface area contributed by atoms with E-state index in [9.17, 15) is 19.8 Å². The van der Waals surface area contributed by atoms with Crippen LogP contribution >= 0.6 is 0 Å². The molecule has 0 radical (unpaired) electrons. The fraction of sp³-hybridized carbons (Fsp3) is 0. The van der Waals surface area contributed by atoms with E-state index in [0.29, 0.717) is 0 Å². The summed E-state index contributed by atoms with van der Waals surface area (Å²) < 4.78 is 3.36. The van der Waals surface area contributed by atoms with Gasteiger partial charge in [-0.3, -0.25) is 9.13 Å². The fourth-order valence-electron chi connectivity index (χ4n) is 2.21. The molecule has 0 amide bonds. The second kappa shape index (κ2) is 39.7. The minimum Gasteiger partial charge on any atom is -0.545 e. The predicted octanol–water partition coefficient (Wildman–Crippen LogP) is -12.7. The van der Waals surface area contributed by atoms with Gasteiger partial charge in [-0.2, -0.15) is 0 Å². The van der Waals surface area contributed by atoms with Gasteiger partial charge in [-0.1, -0.05) is 24.3 Å². The number of carboxylic acid groups (broad SMARTS) is 2. The molecule has 0 atom stereocenters. The maximum absolute atomic E-state index is 10.5. The number of carbonyl (C=O) groups is 2. The van der Waals surface area contributed by atoms with E-state index in [-0.39, 0.29) is 104 Å². The van der Waals surface area contributed by atoms with Gasteiger partial charge in [-0.05, 0) is 35.4 Å². The van der Waals surface area contributed by atoms with Crippen LogP contribution in [0, 0.1) is 0 Å². The maximum Gasteiger partial charge on any atom is 2.00 e. The fourth-order valence-corrected chi connectivity index (χ4v) is 2.21. The molecule has 2 aromatic carbocycles. The van der Waals surface area contributed by atoms with Gasteiger partial charge >= 0.3 is 16.5 Å². The number of rotatable bonds is 4. The van der Waals surface area contributed by atoms with Crippen molar-refractivity contribution in [2.75, 3.05) is 0 Å². The van der Waals surface area contributed by atoms with E-state index in [2.05, 4.69) is 20.4 Å². The predicted molar refractivity (Wildman–Crippen MR) is 147 cm³/mol. The molecular formula is C18H44N6NiO18+4. The van der Waals surface area contributed by atoms with Crippen molar-refractivity contribution >= 4 is 11.9 Å². The molecule has 4 aromatic rings. The molecule has 0 spiro atoms. The Labute approximate surface area is 251 Å². The van der Waals surface area contributed by atoms with Crippen LogP contribution in [0.5, 0.6) is 0 Å². The summed E-state index contributed by atoms with van der Waals surface area (Å²) in [6.07, 6.45) is 6.14. The van der Waals surface area contributed by atoms with Crippen LogP contribution < -0.4 is 10.2 Å². The van der Waals surface area contributed by atoms with Crippen LogP contribution in [0.3, 0.4) is 0 Å². The topological polar surface area (TPSA) is 589 Å². The first-order valence-electron chi connectivity index (χ1n) is 7.87. The van der Waals surface area contributed by atoms with Gasteiger partial charge in [0.2, 0.25) is 0 Å². The summed E-state index contributed by atoms with van der Waals surface area (Å²) >= 11 is 0. The van der Waals surface area contributed by atoms with E-state index in [1.54, 1.807) is 33.4 Å². The Bertz CT molecular complexity index is 987. The Kier molecular flexibility index (Phi) is 76.9. The summed E-state index contributed by atoms with van der Waals surface area (Å²) in [5.41, 5.74) is 1.92.